The maximum absolute atomic E-state index is 12.4. The van der Waals surface area contributed by atoms with E-state index in [-0.39, 0.29) is 0 Å². The van der Waals surface area contributed by atoms with E-state index < -0.39 is 0 Å². The van der Waals surface area contributed by atoms with Gasteiger partial charge in [0.15, 0.2) is 0 Å². The molecule has 2 fully saturated rings. The van der Waals surface area contributed by atoms with Crippen LogP contribution in [0.4, 0.5) is 0 Å². The number of hydrogen-bond acceptors (Lipinski definition) is 4. The number of amides is 1. The number of piperazine rings is 1. The summed E-state index contributed by atoms with van der Waals surface area (Å²) in [7, 11) is 2.21. The average Bonchev–Trinajstić information content (AvgIpc) is 2.52. The summed E-state index contributed by atoms with van der Waals surface area (Å²) in [4.78, 5) is 19.4. The van der Waals surface area contributed by atoms with Gasteiger partial charge in [0.1, 0.15) is 0 Å². The third-order valence-electron chi connectivity index (χ3n) is 4.95. The Morgan fingerprint density at radius 1 is 1.14 bits per heavy atom. The first kappa shape index (κ1) is 17.1. The summed E-state index contributed by atoms with van der Waals surface area (Å²) in [5, 5.41) is 0. The molecule has 2 heterocycles. The molecule has 5 heteroatoms. The van der Waals surface area contributed by atoms with E-state index in [0.29, 0.717) is 11.9 Å². The van der Waals surface area contributed by atoms with E-state index in [9.17, 15) is 4.79 Å². The second-order valence-electron chi connectivity index (χ2n) is 6.38. The van der Waals surface area contributed by atoms with Crippen LogP contribution in [0.15, 0.2) is 0 Å². The second-order valence-corrected chi connectivity index (χ2v) is 7.37. The first-order chi connectivity index (χ1) is 10.2. The van der Waals surface area contributed by atoms with Crippen molar-refractivity contribution in [1.82, 2.24) is 14.7 Å². The van der Waals surface area contributed by atoms with Gasteiger partial charge in [-0.1, -0.05) is 6.42 Å². The Balaban J connectivity index is 1.65. The van der Waals surface area contributed by atoms with Crippen LogP contribution in [0.5, 0.6) is 0 Å². The molecule has 2 aliphatic heterocycles. The zero-order valence-corrected chi connectivity index (χ0v) is 14.5. The fourth-order valence-corrected chi connectivity index (χ4v) is 3.84. The summed E-state index contributed by atoms with van der Waals surface area (Å²) >= 11 is 1.90. The number of carbonyl (C=O) groups is 1. The predicted molar refractivity (Wildman–Crippen MR) is 90.9 cm³/mol. The highest BCUT2D eigenvalue weighted by atomic mass is 32.2. The van der Waals surface area contributed by atoms with Crippen LogP contribution in [0.25, 0.3) is 0 Å². The Kier molecular flexibility index (Phi) is 7.34. The van der Waals surface area contributed by atoms with Crippen LogP contribution in [0.3, 0.4) is 0 Å². The van der Waals surface area contributed by atoms with Gasteiger partial charge in [0.25, 0.3) is 0 Å². The van der Waals surface area contributed by atoms with Crippen molar-refractivity contribution in [1.29, 1.82) is 0 Å². The summed E-state index contributed by atoms with van der Waals surface area (Å²) in [6.07, 6.45) is 7.85. The van der Waals surface area contributed by atoms with Gasteiger partial charge in [-0.05, 0) is 39.1 Å². The fraction of sp³-hybridized carbons (Fsp3) is 0.938. The van der Waals surface area contributed by atoms with Gasteiger partial charge < -0.3 is 9.80 Å². The summed E-state index contributed by atoms with van der Waals surface area (Å²) < 4.78 is 0. The van der Waals surface area contributed by atoms with Gasteiger partial charge in [-0.2, -0.15) is 11.8 Å². The molecule has 0 spiro atoms. The molecule has 2 aliphatic rings. The first-order valence-electron chi connectivity index (χ1n) is 8.40. The van der Waals surface area contributed by atoms with Crippen LogP contribution < -0.4 is 0 Å². The summed E-state index contributed by atoms with van der Waals surface area (Å²) in [6.45, 7) is 6.32. The summed E-state index contributed by atoms with van der Waals surface area (Å²) in [5.41, 5.74) is 0. The molecule has 21 heavy (non-hydrogen) atoms. The lowest BCUT2D eigenvalue weighted by molar-refractivity contribution is -0.133. The number of likely N-dealkylation sites (tertiary alicyclic amines) is 1. The molecule has 1 atom stereocenters. The van der Waals surface area contributed by atoms with Crippen molar-refractivity contribution in [3.63, 3.8) is 0 Å². The van der Waals surface area contributed by atoms with Crippen LogP contribution in [-0.2, 0) is 4.79 Å². The van der Waals surface area contributed by atoms with E-state index in [1.807, 2.05) is 11.8 Å². The van der Waals surface area contributed by atoms with Crippen molar-refractivity contribution < 1.29 is 4.79 Å². The third-order valence-corrected chi connectivity index (χ3v) is 5.54. The maximum atomic E-state index is 12.4. The summed E-state index contributed by atoms with van der Waals surface area (Å²) in [6, 6.07) is 0.630. The van der Waals surface area contributed by atoms with Gasteiger partial charge in [-0.25, -0.2) is 0 Å². The molecule has 0 aromatic rings. The van der Waals surface area contributed by atoms with Gasteiger partial charge in [0.05, 0.1) is 0 Å². The molecule has 0 saturated carbocycles. The molecule has 1 amide bonds. The largest absolute Gasteiger partial charge is 0.340 e. The highest BCUT2D eigenvalue weighted by Gasteiger charge is 2.23. The van der Waals surface area contributed by atoms with Gasteiger partial charge in [-0.3, -0.25) is 9.69 Å². The summed E-state index contributed by atoms with van der Waals surface area (Å²) in [5.74, 6) is 1.57. The monoisotopic (exact) mass is 313 g/mol. The van der Waals surface area contributed by atoms with Crippen molar-refractivity contribution in [2.45, 2.75) is 38.1 Å². The minimum atomic E-state index is 0.374. The molecule has 4 nitrogen and oxygen atoms in total. The number of piperidine rings is 1. The molecule has 0 aliphatic carbocycles. The lowest BCUT2D eigenvalue weighted by atomic mass is 9.98. The van der Waals surface area contributed by atoms with Crippen LogP contribution in [-0.4, -0.2) is 85.0 Å². The molecule has 0 aromatic carbocycles. The average molecular weight is 314 g/mol. The van der Waals surface area contributed by atoms with Crippen molar-refractivity contribution >= 4 is 17.7 Å². The number of nitrogens with zero attached hydrogens (tertiary/aromatic N) is 3. The Labute approximate surface area is 134 Å². The number of hydrogen-bond donors (Lipinski definition) is 0. The minimum absolute atomic E-state index is 0.374. The highest BCUT2D eigenvalue weighted by molar-refractivity contribution is 7.98. The van der Waals surface area contributed by atoms with E-state index >= 15 is 0 Å². The Hall–Kier alpha value is -0.260. The molecule has 0 radical (unpaired) electrons. The van der Waals surface area contributed by atoms with Gasteiger partial charge >= 0.3 is 0 Å². The highest BCUT2D eigenvalue weighted by Crippen LogP contribution is 2.19. The molecule has 0 N–H and O–H groups in total. The van der Waals surface area contributed by atoms with Crippen molar-refractivity contribution in [2.75, 3.05) is 58.3 Å². The van der Waals surface area contributed by atoms with Crippen LogP contribution in [0.2, 0.25) is 0 Å². The van der Waals surface area contributed by atoms with Crippen molar-refractivity contribution in [2.24, 2.45) is 0 Å². The third kappa shape index (κ3) is 5.46. The lowest BCUT2D eigenvalue weighted by Gasteiger charge is -2.36. The molecule has 2 rings (SSSR count). The maximum Gasteiger partial charge on any atom is 0.222 e. The smallest absolute Gasteiger partial charge is 0.222 e. The first-order valence-corrected chi connectivity index (χ1v) is 9.79. The van der Waals surface area contributed by atoms with E-state index in [4.69, 9.17) is 0 Å². The van der Waals surface area contributed by atoms with Crippen molar-refractivity contribution in [3.05, 3.63) is 0 Å². The fourth-order valence-electron chi connectivity index (χ4n) is 3.40. The van der Waals surface area contributed by atoms with E-state index in [2.05, 4.69) is 28.0 Å². The minimum Gasteiger partial charge on any atom is -0.340 e. The van der Waals surface area contributed by atoms with Crippen molar-refractivity contribution in [3.8, 4) is 0 Å². The topological polar surface area (TPSA) is 26.8 Å². The predicted octanol–water partition coefficient (Wildman–Crippen LogP) is 1.76. The Morgan fingerprint density at radius 3 is 2.57 bits per heavy atom. The van der Waals surface area contributed by atoms with E-state index in [1.165, 1.54) is 31.6 Å². The Morgan fingerprint density at radius 2 is 1.90 bits per heavy atom. The molecular weight excluding hydrogens is 282 g/mol. The van der Waals surface area contributed by atoms with Gasteiger partial charge in [0.2, 0.25) is 5.91 Å². The molecule has 2 saturated heterocycles. The number of thioether (sulfide) groups is 1. The van der Waals surface area contributed by atoms with Crippen LogP contribution >= 0.6 is 11.8 Å². The van der Waals surface area contributed by atoms with Crippen LogP contribution in [0, 0.1) is 0 Å². The molecule has 0 bridgehead atoms. The zero-order chi connectivity index (χ0) is 15.1. The van der Waals surface area contributed by atoms with E-state index in [0.717, 1.165) is 45.6 Å². The van der Waals surface area contributed by atoms with E-state index in [1.54, 1.807) is 0 Å². The quantitative estimate of drug-likeness (QED) is 0.746. The Bertz CT molecular complexity index is 319. The molecule has 0 unspecified atom stereocenters. The number of carbonyl (C=O) groups excluding carboxylic acids is 1. The zero-order valence-electron chi connectivity index (χ0n) is 13.7. The standard InChI is InChI=1S/C16H31N3OS/c1-17-8-4-3-5-15(17)6-7-16(20)19-11-9-18(10-12-19)13-14-21-2/h15H,3-14H2,1-2H3/t15-/m1/s1. The van der Waals surface area contributed by atoms with Gasteiger partial charge in [0, 0.05) is 50.9 Å². The molecule has 0 aromatic heterocycles. The second kappa shape index (κ2) is 9.01. The number of rotatable bonds is 6. The molecule has 122 valence electrons. The van der Waals surface area contributed by atoms with Crippen LogP contribution in [0.1, 0.15) is 32.1 Å². The lowest BCUT2D eigenvalue weighted by Crippen LogP contribution is -2.49. The van der Waals surface area contributed by atoms with Gasteiger partial charge in [-0.15, -0.1) is 0 Å². The molecular formula is C16H31N3OS. The normalized spacial score (nSPS) is 25.2. The SMILES string of the molecule is CSCCN1CCN(C(=O)CC[C@H]2CCCCN2C)CC1.